The first-order valence-corrected chi connectivity index (χ1v) is 6.83. The zero-order valence-corrected chi connectivity index (χ0v) is 13.2. The lowest BCUT2D eigenvalue weighted by molar-refractivity contribution is -0.138. The van der Waals surface area contributed by atoms with E-state index in [1.54, 1.807) is 6.92 Å². The Morgan fingerprint density at radius 2 is 1.58 bits per heavy atom. The standard InChI is InChI=1S/C17H26O2/c1-11(15(18)19)12-9-8-10-13(16(2,3)4)14(12)17(5,6)7/h8-11H,1-7H3,(H,18,19). The van der Waals surface area contributed by atoms with Crippen molar-refractivity contribution < 1.29 is 9.90 Å². The fourth-order valence-electron chi connectivity index (χ4n) is 2.53. The maximum absolute atomic E-state index is 11.3. The number of carbonyl (C=O) groups is 1. The molecule has 0 bridgehead atoms. The summed E-state index contributed by atoms with van der Waals surface area (Å²) in [7, 11) is 0. The monoisotopic (exact) mass is 262 g/mol. The van der Waals surface area contributed by atoms with Gasteiger partial charge >= 0.3 is 5.97 Å². The Labute approximate surface area is 116 Å². The largest absolute Gasteiger partial charge is 0.481 e. The second kappa shape index (κ2) is 4.99. The van der Waals surface area contributed by atoms with Crippen molar-refractivity contribution in [1.29, 1.82) is 0 Å². The van der Waals surface area contributed by atoms with Crippen LogP contribution in [-0.2, 0) is 15.6 Å². The average molecular weight is 262 g/mol. The van der Waals surface area contributed by atoms with Gasteiger partial charge in [-0.1, -0.05) is 59.7 Å². The van der Waals surface area contributed by atoms with Gasteiger partial charge in [-0.05, 0) is 34.4 Å². The molecule has 0 amide bonds. The van der Waals surface area contributed by atoms with Gasteiger partial charge in [0.25, 0.3) is 0 Å². The van der Waals surface area contributed by atoms with E-state index >= 15 is 0 Å². The molecule has 0 saturated heterocycles. The second-order valence-corrected chi connectivity index (χ2v) is 7.33. The molecule has 0 aliphatic carbocycles. The highest BCUT2D eigenvalue weighted by molar-refractivity contribution is 5.76. The highest BCUT2D eigenvalue weighted by Gasteiger charge is 2.30. The maximum atomic E-state index is 11.3. The molecule has 0 heterocycles. The minimum Gasteiger partial charge on any atom is -0.481 e. The van der Waals surface area contributed by atoms with Gasteiger partial charge in [0, 0.05) is 0 Å². The molecular weight excluding hydrogens is 236 g/mol. The van der Waals surface area contributed by atoms with Crippen LogP contribution in [0, 0.1) is 0 Å². The Morgan fingerprint density at radius 1 is 1.05 bits per heavy atom. The van der Waals surface area contributed by atoms with Crippen molar-refractivity contribution in [1.82, 2.24) is 0 Å². The van der Waals surface area contributed by atoms with Crippen LogP contribution in [0.25, 0.3) is 0 Å². The van der Waals surface area contributed by atoms with Crippen LogP contribution in [0.2, 0.25) is 0 Å². The summed E-state index contributed by atoms with van der Waals surface area (Å²) < 4.78 is 0. The number of aliphatic carboxylic acids is 1. The van der Waals surface area contributed by atoms with Crippen LogP contribution in [0.1, 0.15) is 71.1 Å². The van der Waals surface area contributed by atoms with Crippen molar-refractivity contribution in [3.8, 4) is 0 Å². The Morgan fingerprint density at radius 3 is 1.95 bits per heavy atom. The number of hydrogen-bond donors (Lipinski definition) is 1. The topological polar surface area (TPSA) is 37.3 Å². The molecule has 1 aromatic carbocycles. The van der Waals surface area contributed by atoms with Gasteiger partial charge in [-0.3, -0.25) is 4.79 Å². The molecular formula is C17H26O2. The Bertz CT molecular complexity index is 473. The lowest BCUT2D eigenvalue weighted by atomic mass is 9.71. The molecule has 1 aromatic rings. The number of benzene rings is 1. The van der Waals surface area contributed by atoms with E-state index < -0.39 is 11.9 Å². The first kappa shape index (κ1) is 15.7. The first-order valence-electron chi connectivity index (χ1n) is 6.83. The van der Waals surface area contributed by atoms with Crippen molar-refractivity contribution >= 4 is 5.97 Å². The Balaban J connectivity index is 3.62. The molecule has 0 radical (unpaired) electrons. The van der Waals surface area contributed by atoms with Crippen LogP contribution >= 0.6 is 0 Å². The molecule has 0 saturated carbocycles. The van der Waals surface area contributed by atoms with Crippen molar-refractivity contribution in [2.24, 2.45) is 0 Å². The molecule has 0 aliphatic heterocycles. The number of carboxylic acid groups (broad SMARTS) is 1. The summed E-state index contributed by atoms with van der Waals surface area (Å²) in [4.78, 5) is 11.3. The van der Waals surface area contributed by atoms with E-state index in [-0.39, 0.29) is 10.8 Å². The third kappa shape index (κ3) is 3.37. The van der Waals surface area contributed by atoms with Gasteiger partial charge in [-0.2, -0.15) is 0 Å². The zero-order valence-electron chi connectivity index (χ0n) is 13.2. The number of carboxylic acids is 1. The lowest BCUT2D eigenvalue weighted by Crippen LogP contribution is -2.25. The highest BCUT2D eigenvalue weighted by Crippen LogP contribution is 2.38. The van der Waals surface area contributed by atoms with Crippen LogP contribution in [0.4, 0.5) is 0 Å². The van der Waals surface area contributed by atoms with E-state index in [2.05, 4.69) is 47.6 Å². The number of hydrogen-bond acceptors (Lipinski definition) is 1. The van der Waals surface area contributed by atoms with Crippen LogP contribution in [0.15, 0.2) is 18.2 Å². The van der Waals surface area contributed by atoms with E-state index in [1.165, 1.54) is 11.1 Å². The molecule has 0 fully saturated rings. The quantitative estimate of drug-likeness (QED) is 0.853. The predicted octanol–water partition coefficient (Wildman–Crippen LogP) is 4.47. The fraction of sp³-hybridized carbons (Fsp3) is 0.588. The molecule has 0 aromatic heterocycles. The molecule has 1 N–H and O–H groups in total. The van der Waals surface area contributed by atoms with Gasteiger partial charge in [0.15, 0.2) is 0 Å². The SMILES string of the molecule is CC(C(=O)O)c1cccc(C(C)(C)C)c1C(C)(C)C. The normalized spacial score (nSPS) is 14.3. The lowest BCUT2D eigenvalue weighted by Gasteiger charge is -2.33. The van der Waals surface area contributed by atoms with Gasteiger partial charge in [0.2, 0.25) is 0 Å². The summed E-state index contributed by atoms with van der Waals surface area (Å²) in [6.45, 7) is 14.7. The first-order chi connectivity index (χ1) is 8.46. The van der Waals surface area contributed by atoms with Gasteiger partial charge < -0.3 is 5.11 Å². The van der Waals surface area contributed by atoms with E-state index in [4.69, 9.17) is 0 Å². The summed E-state index contributed by atoms with van der Waals surface area (Å²) in [5.74, 6) is -1.24. The summed E-state index contributed by atoms with van der Waals surface area (Å²) in [5, 5.41) is 9.32. The Kier molecular flexibility index (Phi) is 4.14. The molecule has 1 unspecified atom stereocenters. The van der Waals surface area contributed by atoms with Crippen LogP contribution in [0.3, 0.4) is 0 Å². The third-order valence-corrected chi connectivity index (χ3v) is 3.49. The minimum atomic E-state index is -0.767. The van der Waals surface area contributed by atoms with Crippen LogP contribution < -0.4 is 0 Å². The molecule has 1 rings (SSSR count). The highest BCUT2D eigenvalue weighted by atomic mass is 16.4. The molecule has 2 heteroatoms. The molecule has 0 spiro atoms. The molecule has 106 valence electrons. The van der Waals surface area contributed by atoms with Crippen molar-refractivity contribution in [2.45, 2.75) is 65.2 Å². The summed E-state index contributed by atoms with van der Waals surface area (Å²) >= 11 is 0. The summed E-state index contributed by atoms with van der Waals surface area (Å²) in [6, 6.07) is 6.05. The van der Waals surface area contributed by atoms with E-state index in [0.717, 1.165) is 5.56 Å². The average Bonchev–Trinajstić information content (AvgIpc) is 2.24. The van der Waals surface area contributed by atoms with Gasteiger partial charge in [-0.25, -0.2) is 0 Å². The molecule has 0 aliphatic rings. The van der Waals surface area contributed by atoms with Crippen LogP contribution in [-0.4, -0.2) is 11.1 Å². The van der Waals surface area contributed by atoms with E-state index in [0.29, 0.717) is 0 Å². The molecule has 2 nitrogen and oxygen atoms in total. The Hall–Kier alpha value is -1.31. The third-order valence-electron chi connectivity index (χ3n) is 3.49. The molecule has 1 atom stereocenters. The van der Waals surface area contributed by atoms with Crippen molar-refractivity contribution in [3.63, 3.8) is 0 Å². The van der Waals surface area contributed by atoms with Gasteiger partial charge in [0.05, 0.1) is 5.92 Å². The maximum Gasteiger partial charge on any atom is 0.310 e. The second-order valence-electron chi connectivity index (χ2n) is 7.33. The molecule has 19 heavy (non-hydrogen) atoms. The predicted molar refractivity (Wildman–Crippen MR) is 79.9 cm³/mol. The van der Waals surface area contributed by atoms with E-state index in [9.17, 15) is 9.90 Å². The van der Waals surface area contributed by atoms with Crippen molar-refractivity contribution in [3.05, 3.63) is 34.9 Å². The van der Waals surface area contributed by atoms with Crippen molar-refractivity contribution in [2.75, 3.05) is 0 Å². The van der Waals surface area contributed by atoms with Gasteiger partial charge in [0.1, 0.15) is 0 Å². The minimum absolute atomic E-state index is 0.0108. The summed E-state index contributed by atoms with van der Waals surface area (Å²) in [6.07, 6.45) is 0. The van der Waals surface area contributed by atoms with Crippen LogP contribution in [0.5, 0.6) is 0 Å². The smallest absolute Gasteiger partial charge is 0.310 e. The number of rotatable bonds is 2. The zero-order chi connectivity index (χ0) is 15.0. The van der Waals surface area contributed by atoms with E-state index in [1.807, 2.05) is 12.1 Å². The summed E-state index contributed by atoms with van der Waals surface area (Å²) in [5.41, 5.74) is 3.30. The van der Waals surface area contributed by atoms with Gasteiger partial charge in [-0.15, -0.1) is 0 Å². The fourth-order valence-corrected chi connectivity index (χ4v) is 2.53.